The summed E-state index contributed by atoms with van der Waals surface area (Å²) >= 11 is 0. The Balaban J connectivity index is 3.13. The summed E-state index contributed by atoms with van der Waals surface area (Å²) in [6.07, 6.45) is 1.10. The maximum atomic E-state index is 10.5. The van der Waals surface area contributed by atoms with Crippen LogP contribution in [0, 0.1) is 0 Å². The minimum absolute atomic E-state index is 0.235. The van der Waals surface area contributed by atoms with Gasteiger partial charge in [-0.2, -0.15) is 0 Å². The van der Waals surface area contributed by atoms with Crippen LogP contribution < -0.4 is 0 Å². The minimum atomic E-state index is -0.343. The van der Waals surface area contributed by atoms with Crippen LogP contribution in [0.2, 0.25) is 0 Å². The Bertz CT molecular complexity index is 110. The normalized spacial score (nSPS) is 8.50. The summed E-state index contributed by atoms with van der Waals surface area (Å²) < 4.78 is 8.56. The lowest BCUT2D eigenvalue weighted by Gasteiger charge is -1.99. The first-order valence-corrected chi connectivity index (χ1v) is 3.02. The van der Waals surface area contributed by atoms with E-state index < -0.39 is 0 Å². The average molecular weight is 146 g/mol. The Morgan fingerprint density at radius 2 is 2.30 bits per heavy atom. The van der Waals surface area contributed by atoms with Crippen molar-refractivity contribution >= 4 is 12.4 Å². The van der Waals surface area contributed by atoms with E-state index in [4.69, 9.17) is 0 Å². The van der Waals surface area contributed by atoms with Crippen molar-refractivity contribution < 1.29 is 19.1 Å². The molecule has 0 unspecified atom stereocenters. The molecule has 0 atom stereocenters. The Kier molecular flexibility index (Phi) is 5.42. The van der Waals surface area contributed by atoms with Gasteiger partial charge in [-0.3, -0.25) is 9.59 Å². The Morgan fingerprint density at radius 1 is 1.60 bits per heavy atom. The predicted molar refractivity (Wildman–Crippen MR) is 33.0 cm³/mol. The number of carbonyl (C=O) groups excluding carboxylic acids is 2. The summed E-state index contributed by atoms with van der Waals surface area (Å²) in [4.78, 5) is 20.0. The van der Waals surface area contributed by atoms with E-state index >= 15 is 0 Å². The van der Waals surface area contributed by atoms with Gasteiger partial charge in [0.2, 0.25) is 6.79 Å². The van der Waals surface area contributed by atoms with Crippen LogP contribution >= 0.6 is 0 Å². The van der Waals surface area contributed by atoms with E-state index in [1.807, 2.05) is 6.92 Å². The van der Waals surface area contributed by atoms with Crippen molar-refractivity contribution in [2.45, 2.75) is 19.8 Å². The fraction of sp³-hybridized carbons (Fsp3) is 0.667. The van der Waals surface area contributed by atoms with Crippen LogP contribution in [-0.2, 0) is 19.1 Å². The van der Waals surface area contributed by atoms with Crippen LogP contribution in [0.1, 0.15) is 19.8 Å². The molecule has 0 aliphatic carbocycles. The zero-order valence-electron chi connectivity index (χ0n) is 5.83. The van der Waals surface area contributed by atoms with Crippen LogP contribution in [0.4, 0.5) is 0 Å². The number of rotatable bonds is 5. The highest BCUT2D eigenvalue weighted by Crippen LogP contribution is 1.89. The quantitative estimate of drug-likeness (QED) is 0.245. The van der Waals surface area contributed by atoms with E-state index in [0.717, 1.165) is 6.42 Å². The maximum absolute atomic E-state index is 10.5. The van der Waals surface area contributed by atoms with E-state index in [1.54, 1.807) is 0 Å². The number of hydrogen-bond donors (Lipinski definition) is 0. The lowest BCUT2D eigenvalue weighted by Crippen LogP contribution is -2.06. The molecule has 58 valence electrons. The Labute approximate surface area is 59.1 Å². The number of hydrogen-bond acceptors (Lipinski definition) is 4. The summed E-state index contributed by atoms with van der Waals surface area (Å²) in [5.74, 6) is -0.343. The summed E-state index contributed by atoms with van der Waals surface area (Å²) in [7, 11) is 0. The highest BCUT2D eigenvalue weighted by molar-refractivity contribution is 5.69. The molecule has 0 fully saturated rings. The maximum Gasteiger partial charge on any atom is 0.308 e. The van der Waals surface area contributed by atoms with Crippen LogP contribution in [-0.4, -0.2) is 19.2 Å². The van der Waals surface area contributed by atoms with Crippen molar-refractivity contribution in [3.05, 3.63) is 0 Å². The molecule has 0 amide bonds. The van der Waals surface area contributed by atoms with Crippen molar-refractivity contribution in [3.8, 4) is 0 Å². The molecule has 0 radical (unpaired) electrons. The molecule has 4 nitrogen and oxygen atoms in total. The Hall–Kier alpha value is -1.06. The van der Waals surface area contributed by atoms with E-state index in [0.29, 0.717) is 6.42 Å². The molecule has 10 heavy (non-hydrogen) atoms. The largest absolute Gasteiger partial charge is 0.430 e. The molecule has 0 bridgehead atoms. The molecule has 0 aromatic heterocycles. The van der Waals surface area contributed by atoms with Crippen molar-refractivity contribution in [2.24, 2.45) is 0 Å². The third kappa shape index (κ3) is 5.08. The molecule has 0 aromatic rings. The molecular weight excluding hydrogens is 136 g/mol. The summed E-state index contributed by atoms with van der Waals surface area (Å²) in [6.45, 7) is 1.82. The molecule has 0 aromatic carbocycles. The second-order valence-corrected chi connectivity index (χ2v) is 1.65. The third-order valence-electron chi connectivity index (χ3n) is 0.810. The van der Waals surface area contributed by atoms with E-state index in [9.17, 15) is 9.59 Å². The van der Waals surface area contributed by atoms with Crippen molar-refractivity contribution in [1.29, 1.82) is 0 Å². The van der Waals surface area contributed by atoms with Crippen molar-refractivity contribution in [3.63, 3.8) is 0 Å². The summed E-state index contributed by atoms with van der Waals surface area (Å²) in [5.41, 5.74) is 0. The molecule has 4 heteroatoms. The molecule has 0 aliphatic heterocycles. The van der Waals surface area contributed by atoms with Gasteiger partial charge >= 0.3 is 5.97 Å². The van der Waals surface area contributed by atoms with E-state index in [2.05, 4.69) is 9.47 Å². The van der Waals surface area contributed by atoms with Gasteiger partial charge in [-0.05, 0) is 6.42 Å². The second-order valence-electron chi connectivity index (χ2n) is 1.65. The number of ether oxygens (including phenoxy) is 2. The Morgan fingerprint density at radius 3 is 2.80 bits per heavy atom. The first-order valence-electron chi connectivity index (χ1n) is 3.02. The number of esters is 1. The van der Waals surface area contributed by atoms with Crippen molar-refractivity contribution in [1.82, 2.24) is 0 Å². The van der Waals surface area contributed by atoms with Gasteiger partial charge in [-0.25, -0.2) is 0 Å². The molecule has 0 saturated heterocycles. The molecule has 0 heterocycles. The monoisotopic (exact) mass is 146 g/mol. The fourth-order valence-electron chi connectivity index (χ4n) is 0.404. The predicted octanol–water partition coefficient (Wildman–Crippen LogP) is 0.460. The zero-order valence-corrected chi connectivity index (χ0v) is 5.83. The van der Waals surface area contributed by atoms with Gasteiger partial charge in [0.25, 0.3) is 6.47 Å². The van der Waals surface area contributed by atoms with Gasteiger partial charge in [0.15, 0.2) is 0 Å². The molecule has 0 rings (SSSR count). The lowest BCUT2D eigenvalue weighted by molar-refractivity contribution is -0.159. The zero-order chi connectivity index (χ0) is 7.82. The first kappa shape index (κ1) is 8.94. The van der Waals surface area contributed by atoms with Gasteiger partial charge in [-0.1, -0.05) is 6.92 Å². The van der Waals surface area contributed by atoms with Gasteiger partial charge in [-0.15, -0.1) is 0 Å². The van der Waals surface area contributed by atoms with Crippen LogP contribution in [0.25, 0.3) is 0 Å². The standard InChI is InChI=1S/C6H10O4/c1-2-3-6(8)10-5-9-4-7/h4H,2-3,5H2,1H3. The first-order chi connectivity index (χ1) is 4.81. The van der Waals surface area contributed by atoms with Crippen LogP contribution in [0.5, 0.6) is 0 Å². The van der Waals surface area contributed by atoms with Gasteiger partial charge < -0.3 is 9.47 Å². The molecular formula is C6H10O4. The summed E-state index contributed by atoms with van der Waals surface area (Å²) in [6, 6.07) is 0. The topological polar surface area (TPSA) is 52.6 Å². The second kappa shape index (κ2) is 6.07. The smallest absolute Gasteiger partial charge is 0.308 e. The van der Waals surface area contributed by atoms with Crippen LogP contribution in [0.15, 0.2) is 0 Å². The minimum Gasteiger partial charge on any atom is -0.430 e. The lowest BCUT2D eigenvalue weighted by atomic mass is 10.3. The third-order valence-corrected chi connectivity index (χ3v) is 0.810. The molecule has 0 saturated carbocycles. The van der Waals surface area contributed by atoms with Gasteiger partial charge in [0, 0.05) is 6.42 Å². The highest BCUT2D eigenvalue weighted by atomic mass is 16.7. The fourth-order valence-corrected chi connectivity index (χ4v) is 0.404. The van der Waals surface area contributed by atoms with E-state index in [1.165, 1.54) is 0 Å². The van der Waals surface area contributed by atoms with Gasteiger partial charge in [0.1, 0.15) is 0 Å². The van der Waals surface area contributed by atoms with E-state index in [-0.39, 0.29) is 19.2 Å². The van der Waals surface area contributed by atoms with Crippen molar-refractivity contribution in [2.75, 3.05) is 6.79 Å². The summed E-state index contributed by atoms with van der Waals surface area (Å²) in [5, 5.41) is 0. The SMILES string of the molecule is CCCC(=O)OCOC=O. The molecule has 0 N–H and O–H groups in total. The molecule has 0 spiro atoms. The van der Waals surface area contributed by atoms with Crippen LogP contribution in [0.3, 0.4) is 0 Å². The average Bonchev–Trinajstić information content (AvgIpc) is 1.89. The number of carbonyl (C=O) groups is 2. The highest BCUT2D eigenvalue weighted by Gasteiger charge is 1.98. The van der Waals surface area contributed by atoms with Gasteiger partial charge in [0.05, 0.1) is 0 Å². The molecule has 0 aliphatic rings.